The van der Waals surface area contributed by atoms with E-state index in [1.54, 1.807) is 10.9 Å². The number of likely N-dealkylation sites (tertiary alicyclic amines) is 1. The van der Waals surface area contributed by atoms with Crippen LogP contribution in [0.25, 0.3) is 0 Å². The standard InChI is InChI=1S/C11H15N3OS/c1-2-14-10(3-4-12-14)11(15)13-6-9-5-8(13)7-16-9/h3-4,8-9H,2,5-7H2,1H3. The van der Waals surface area contributed by atoms with Gasteiger partial charge in [0.25, 0.3) is 5.91 Å². The van der Waals surface area contributed by atoms with Crippen LogP contribution in [0.2, 0.25) is 0 Å². The van der Waals surface area contributed by atoms with Crippen molar-refractivity contribution in [3.63, 3.8) is 0 Å². The first-order valence-electron chi connectivity index (χ1n) is 5.74. The van der Waals surface area contributed by atoms with Crippen molar-refractivity contribution in [2.75, 3.05) is 12.3 Å². The lowest BCUT2D eigenvalue weighted by molar-refractivity contribution is 0.0735. The number of hydrogen-bond donors (Lipinski definition) is 0. The van der Waals surface area contributed by atoms with E-state index in [0.717, 1.165) is 24.5 Å². The monoisotopic (exact) mass is 237 g/mol. The van der Waals surface area contributed by atoms with Crippen molar-refractivity contribution in [1.82, 2.24) is 14.7 Å². The van der Waals surface area contributed by atoms with E-state index in [0.29, 0.717) is 11.3 Å². The highest BCUT2D eigenvalue weighted by Crippen LogP contribution is 2.37. The predicted molar refractivity (Wildman–Crippen MR) is 63.6 cm³/mol. The van der Waals surface area contributed by atoms with Crippen molar-refractivity contribution in [3.8, 4) is 0 Å². The zero-order chi connectivity index (χ0) is 11.1. The van der Waals surface area contributed by atoms with Gasteiger partial charge in [0.2, 0.25) is 0 Å². The molecular formula is C11H15N3OS. The van der Waals surface area contributed by atoms with E-state index >= 15 is 0 Å². The molecule has 1 aromatic heterocycles. The van der Waals surface area contributed by atoms with Crippen molar-refractivity contribution in [2.24, 2.45) is 0 Å². The normalized spacial score (nSPS) is 27.7. The molecule has 2 bridgehead atoms. The largest absolute Gasteiger partial charge is 0.332 e. The molecule has 0 aliphatic carbocycles. The fraction of sp³-hybridized carbons (Fsp3) is 0.636. The Morgan fingerprint density at radius 3 is 3.19 bits per heavy atom. The van der Waals surface area contributed by atoms with E-state index in [2.05, 4.69) is 5.10 Å². The SMILES string of the molecule is CCn1nccc1C(=O)N1CC2CC1CS2. The third-order valence-corrected chi connectivity index (χ3v) is 4.79. The second kappa shape index (κ2) is 3.80. The molecule has 2 unspecified atom stereocenters. The quantitative estimate of drug-likeness (QED) is 0.776. The Morgan fingerprint density at radius 1 is 1.69 bits per heavy atom. The molecular weight excluding hydrogens is 222 g/mol. The molecule has 0 saturated carbocycles. The predicted octanol–water partition coefficient (Wildman–Crippen LogP) is 1.23. The summed E-state index contributed by atoms with van der Waals surface area (Å²) in [7, 11) is 0. The van der Waals surface area contributed by atoms with E-state index in [9.17, 15) is 4.79 Å². The summed E-state index contributed by atoms with van der Waals surface area (Å²) in [4.78, 5) is 14.4. The maximum absolute atomic E-state index is 12.3. The van der Waals surface area contributed by atoms with Crippen LogP contribution in [0.5, 0.6) is 0 Å². The van der Waals surface area contributed by atoms with Gasteiger partial charge < -0.3 is 4.90 Å². The molecule has 0 spiro atoms. The van der Waals surface area contributed by atoms with Crippen LogP contribution in [0, 0.1) is 0 Å². The maximum atomic E-state index is 12.3. The maximum Gasteiger partial charge on any atom is 0.272 e. The molecule has 0 aromatic carbocycles. The smallest absolute Gasteiger partial charge is 0.272 e. The minimum atomic E-state index is 0.159. The number of carbonyl (C=O) groups is 1. The van der Waals surface area contributed by atoms with E-state index in [-0.39, 0.29) is 5.91 Å². The Kier molecular flexibility index (Phi) is 2.42. The van der Waals surface area contributed by atoms with Gasteiger partial charge in [-0.2, -0.15) is 16.9 Å². The van der Waals surface area contributed by atoms with Crippen LogP contribution in [0.15, 0.2) is 12.3 Å². The third-order valence-electron chi connectivity index (χ3n) is 3.40. The van der Waals surface area contributed by atoms with Gasteiger partial charge in [0, 0.05) is 36.3 Å². The molecule has 2 aliphatic rings. The van der Waals surface area contributed by atoms with Crippen LogP contribution >= 0.6 is 11.8 Å². The van der Waals surface area contributed by atoms with Gasteiger partial charge in [0.05, 0.1) is 0 Å². The molecule has 0 radical (unpaired) electrons. The Morgan fingerprint density at radius 2 is 2.56 bits per heavy atom. The Labute approximate surface area is 99.0 Å². The molecule has 2 fully saturated rings. The molecule has 3 rings (SSSR count). The van der Waals surface area contributed by atoms with Gasteiger partial charge in [0.15, 0.2) is 0 Å². The molecule has 2 aliphatic heterocycles. The molecule has 3 heterocycles. The fourth-order valence-corrected chi connectivity index (χ4v) is 4.00. The molecule has 0 N–H and O–H groups in total. The number of fused-ring (bicyclic) bond motifs is 2. The van der Waals surface area contributed by atoms with Crippen molar-refractivity contribution >= 4 is 17.7 Å². The van der Waals surface area contributed by atoms with Gasteiger partial charge >= 0.3 is 0 Å². The van der Waals surface area contributed by atoms with E-state index in [1.807, 2.05) is 29.7 Å². The molecule has 5 heteroatoms. The van der Waals surface area contributed by atoms with Gasteiger partial charge in [-0.25, -0.2) is 0 Å². The second-order valence-corrected chi connectivity index (χ2v) is 5.67. The topological polar surface area (TPSA) is 38.1 Å². The summed E-state index contributed by atoms with van der Waals surface area (Å²) >= 11 is 2.00. The summed E-state index contributed by atoms with van der Waals surface area (Å²) in [6.07, 6.45) is 2.89. The van der Waals surface area contributed by atoms with Crippen molar-refractivity contribution in [2.45, 2.75) is 31.2 Å². The van der Waals surface area contributed by atoms with Crippen LogP contribution in [-0.2, 0) is 6.54 Å². The summed E-state index contributed by atoms with van der Waals surface area (Å²) in [6, 6.07) is 2.29. The minimum Gasteiger partial charge on any atom is -0.332 e. The lowest BCUT2D eigenvalue weighted by Gasteiger charge is -2.26. The molecule has 2 atom stereocenters. The minimum absolute atomic E-state index is 0.159. The van der Waals surface area contributed by atoms with Crippen LogP contribution in [-0.4, -0.2) is 44.2 Å². The highest BCUT2D eigenvalue weighted by Gasteiger charge is 2.41. The number of aromatic nitrogens is 2. The first-order valence-corrected chi connectivity index (χ1v) is 6.79. The van der Waals surface area contributed by atoms with Crippen LogP contribution in [0.4, 0.5) is 0 Å². The van der Waals surface area contributed by atoms with Crippen LogP contribution in [0.1, 0.15) is 23.8 Å². The summed E-state index contributed by atoms with van der Waals surface area (Å²) in [5.74, 6) is 1.27. The summed E-state index contributed by atoms with van der Waals surface area (Å²) in [5, 5.41) is 4.83. The average molecular weight is 237 g/mol. The number of hydrogen-bond acceptors (Lipinski definition) is 3. The van der Waals surface area contributed by atoms with Gasteiger partial charge in [-0.05, 0) is 19.4 Å². The number of nitrogens with zero attached hydrogens (tertiary/aromatic N) is 3. The van der Waals surface area contributed by atoms with E-state index < -0.39 is 0 Å². The second-order valence-electron chi connectivity index (χ2n) is 4.33. The first kappa shape index (κ1) is 10.2. The first-order chi connectivity index (χ1) is 7.79. The Bertz CT molecular complexity index is 417. The Balaban J connectivity index is 1.83. The number of carbonyl (C=O) groups excluding carboxylic acids is 1. The summed E-state index contributed by atoms with van der Waals surface area (Å²) in [5.41, 5.74) is 0.736. The number of amides is 1. The van der Waals surface area contributed by atoms with Gasteiger partial charge in [-0.3, -0.25) is 9.48 Å². The van der Waals surface area contributed by atoms with Gasteiger partial charge in [0.1, 0.15) is 5.69 Å². The highest BCUT2D eigenvalue weighted by atomic mass is 32.2. The number of aryl methyl sites for hydroxylation is 1. The molecule has 86 valence electrons. The number of thioether (sulfide) groups is 1. The average Bonchev–Trinajstić information content (AvgIpc) is 3.02. The fourth-order valence-electron chi connectivity index (χ4n) is 2.56. The van der Waals surface area contributed by atoms with Crippen LogP contribution in [0.3, 0.4) is 0 Å². The van der Waals surface area contributed by atoms with Gasteiger partial charge in [-0.1, -0.05) is 0 Å². The van der Waals surface area contributed by atoms with Crippen molar-refractivity contribution < 1.29 is 4.79 Å². The molecule has 4 nitrogen and oxygen atoms in total. The highest BCUT2D eigenvalue weighted by molar-refractivity contribution is 8.00. The zero-order valence-corrected chi connectivity index (χ0v) is 10.1. The Hall–Kier alpha value is -0.970. The molecule has 16 heavy (non-hydrogen) atoms. The summed E-state index contributed by atoms with van der Waals surface area (Å²) in [6.45, 7) is 3.68. The molecule has 1 aromatic rings. The van der Waals surface area contributed by atoms with E-state index in [4.69, 9.17) is 0 Å². The molecule has 1 amide bonds. The van der Waals surface area contributed by atoms with E-state index in [1.165, 1.54) is 6.42 Å². The lowest BCUT2D eigenvalue weighted by Crippen LogP contribution is -2.40. The zero-order valence-electron chi connectivity index (χ0n) is 9.30. The van der Waals surface area contributed by atoms with Crippen molar-refractivity contribution in [3.05, 3.63) is 18.0 Å². The van der Waals surface area contributed by atoms with Crippen molar-refractivity contribution in [1.29, 1.82) is 0 Å². The van der Waals surface area contributed by atoms with Gasteiger partial charge in [-0.15, -0.1) is 0 Å². The van der Waals surface area contributed by atoms with Crippen LogP contribution < -0.4 is 0 Å². The molecule has 2 saturated heterocycles. The third kappa shape index (κ3) is 1.45. The number of rotatable bonds is 2. The summed E-state index contributed by atoms with van der Waals surface area (Å²) < 4.78 is 1.78. The lowest BCUT2D eigenvalue weighted by atomic mass is 10.2.